The molecule has 68 valence electrons. The zero-order valence-electron chi connectivity index (χ0n) is 6.69. The Labute approximate surface area is 74.4 Å². The van der Waals surface area contributed by atoms with Gasteiger partial charge in [0.15, 0.2) is 0 Å². The molecular formula is C9H8O4. The first-order chi connectivity index (χ1) is 6.00. The molecule has 0 aliphatic heterocycles. The molecule has 0 heterocycles. The maximum atomic E-state index is 10.5. The van der Waals surface area contributed by atoms with Crippen LogP contribution in [0.1, 0.15) is 15.9 Å². The highest BCUT2D eigenvalue weighted by atomic mass is 16.4. The van der Waals surface area contributed by atoms with Crippen molar-refractivity contribution in [2.45, 2.75) is 0 Å². The Morgan fingerprint density at radius 2 is 1.69 bits per heavy atom. The number of aliphatic hydroxyl groups is 1. The van der Waals surface area contributed by atoms with Crippen molar-refractivity contribution in [2.24, 2.45) is 0 Å². The zero-order chi connectivity index (χ0) is 10.0. The smallest absolute Gasteiger partial charge is 0.335 e. The molecule has 0 unspecified atom stereocenters. The van der Waals surface area contributed by atoms with Gasteiger partial charge < -0.3 is 15.3 Å². The minimum absolute atomic E-state index is 0.0924. The van der Waals surface area contributed by atoms with E-state index in [9.17, 15) is 4.79 Å². The normalized spacial score (nSPS) is 9.54. The average molecular weight is 180 g/mol. The Bertz CT molecular complexity index is 336. The monoisotopic (exact) mass is 180 g/mol. The molecular weight excluding hydrogens is 172 g/mol. The summed E-state index contributed by atoms with van der Waals surface area (Å²) in [5.74, 6) is -1.66. The van der Waals surface area contributed by atoms with Crippen LogP contribution in [0.2, 0.25) is 0 Å². The molecule has 1 rings (SSSR count). The van der Waals surface area contributed by atoms with E-state index in [1.54, 1.807) is 0 Å². The van der Waals surface area contributed by atoms with Crippen LogP contribution in [-0.2, 0) is 0 Å². The van der Waals surface area contributed by atoms with Gasteiger partial charge in [-0.3, -0.25) is 0 Å². The fourth-order valence-corrected chi connectivity index (χ4v) is 0.901. The lowest BCUT2D eigenvalue weighted by atomic mass is 10.1. The highest BCUT2D eigenvalue weighted by Gasteiger charge is 2.07. The largest absolute Gasteiger partial charge is 0.508 e. The standard InChI is InChI=1S/C9H8O4/c1-5(10)6-2-7(9(12)13)4-8(11)3-6/h2-4,10-11H,1H2,(H,12,13). The second-order valence-corrected chi connectivity index (χ2v) is 2.52. The minimum Gasteiger partial charge on any atom is -0.508 e. The molecule has 1 aromatic carbocycles. The second kappa shape index (κ2) is 3.18. The summed E-state index contributed by atoms with van der Waals surface area (Å²) in [6, 6.07) is 3.55. The van der Waals surface area contributed by atoms with E-state index in [0.717, 1.165) is 6.07 Å². The van der Waals surface area contributed by atoms with Crippen LogP contribution in [-0.4, -0.2) is 21.3 Å². The summed E-state index contributed by atoms with van der Waals surface area (Å²) in [5.41, 5.74) is 0.0996. The van der Waals surface area contributed by atoms with Gasteiger partial charge >= 0.3 is 5.97 Å². The Hall–Kier alpha value is -1.97. The number of carboxylic acid groups (broad SMARTS) is 1. The number of rotatable bonds is 2. The van der Waals surface area contributed by atoms with Crippen molar-refractivity contribution in [3.05, 3.63) is 35.9 Å². The van der Waals surface area contributed by atoms with Crippen molar-refractivity contribution in [3.8, 4) is 5.75 Å². The number of phenolic OH excluding ortho intramolecular Hbond substituents is 1. The van der Waals surface area contributed by atoms with Crippen LogP contribution in [0.3, 0.4) is 0 Å². The van der Waals surface area contributed by atoms with E-state index in [2.05, 4.69) is 6.58 Å². The van der Waals surface area contributed by atoms with E-state index in [4.69, 9.17) is 15.3 Å². The van der Waals surface area contributed by atoms with E-state index >= 15 is 0 Å². The average Bonchev–Trinajstić information content (AvgIpc) is 2.03. The fourth-order valence-electron chi connectivity index (χ4n) is 0.901. The Balaban J connectivity index is 3.26. The van der Waals surface area contributed by atoms with E-state index < -0.39 is 5.97 Å². The van der Waals surface area contributed by atoms with Crippen LogP contribution < -0.4 is 0 Å². The van der Waals surface area contributed by atoms with Crippen molar-refractivity contribution in [3.63, 3.8) is 0 Å². The van der Waals surface area contributed by atoms with Crippen LogP contribution >= 0.6 is 0 Å². The summed E-state index contributed by atoms with van der Waals surface area (Å²) in [5, 5.41) is 26.6. The molecule has 0 atom stereocenters. The van der Waals surface area contributed by atoms with Crippen LogP contribution in [0.4, 0.5) is 0 Å². The van der Waals surface area contributed by atoms with Gasteiger partial charge in [-0.25, -0.2) is 4.79 Å². The molecule has 0 aliphatic carbocycles. The van der Waals surface area contributed by atoms with E-state index in [1.807, 2.05) is 0 Å². The Kier molecular flexibility index (Phi) is 2.23. The van der Waals surface area contributed by atoms with Crippen LogP contribution in [0.25, 0.3) is 5.76 Å². The van der Waals surface area contributed by atoms with Crippen molar-refractivity contribution >= 4 is 11.7 Å². The number of hydrogen-bond donors (Lipinski definition) is 3. The van der Waals surface area contributed by atoms with E-state index in [1.165, 1.54) is 12.1 Å². The molecule has 0 aliphatic rings. The SMILES string of the molecule is C=C(O)c1cc(O)cc(C(=O)O)c1. The third-order valence-electron chi connectivity index (χ3n) is 1.50. The van der Waals surface area contributed by atoms with Gasteiger partial charge in [0.1, 0.15) is 11.5 Å². The van der Waals surface area contributed by atoms with Crippen molar-refractivity contribution in [2.75, 3.05) is 0 Å². The Morgan fingerprint density at radius 1 is 1.15 bits per heavy atom. The van der Waals surface area contributed by atoms with Crippen LogP contribution in [0, 0.1) is 0 Å². The van der Waals surface area contributed by atoms with Crippen molar-refractivity contribution in [1.29, 1.82) is 0 Å². The van der Waals surface area contributed by atoms with Gasteiger partial charge in [-0.15, -0.1) is 0 Å². The number of aliphatic hydroxyl groups excluding tert-OH is 1. The number of phenols is 1. The lowest BCUT2D eigenvalue weighted by Crippen LogP contribution is -1.97. The maximum Gasteiger partial charge on any atom is 0.335 e. The predicted octanol–water partition coefficient (Wildman–Crippen LogP) is 1.62. The molecule has 0 spiro atoms. The number of carbonyl (C=O) groups is 1. The molecule has 13 heavy (non-hydrogen) atoms. The van der Waals surface area contributed by atoms with Gasteiger partial charge in [0, 0.05) is 5.56 Å². The first kappa shape index (κ1) is 9.12. The molecule has 4 heteroatoms. The molecule has 0 amide bonds. The minimum atomic E-state index is -1.17. The van der Waals surface area contributed by atoms with E-state index in [-0.39, 0.29) is 22.6 Å². The quantitative estimate of drug-likeness (QED) is 0.604. The number of aromatic carboxylic acids is 1. The zero-order valence-corrected chi connectivity index (χ0v) is 6.69. The number of hydrogen-bond acceptors (Lipinski definition) is 3. The van der Waals surface area contributed by atoms with Gasteiger partial charge in [-0.1, -0.05) is 6.58 Å². The molecule has 0 saturated carbocycles. The molecule has 0 radical (unpaired) electrons. The first-order valence-electron chi connectivity index (χ1n) is 3.46. The number of aromatic hydroxyl groups is 1. The molecule has 0 bridgehead atoms. The predicted molar refractivity (Wildman–Crippen MR) is 46.7 cm³/mol. The van der Waals surface area contributed by atoms with E-state index in [0.29, 0.717) is 0 Å². The van der Waals surface area contributed by atoms with Gasteiger partial charge in [-0.05, 0) is 18.2 Å². The maximum absolute atomic E-state index is 10.5. The highest BCUT2D eigenvalue weighted by Crippen LogP contribution is 2.19. The molecule has 0 aromatic heterocycles. The second-order valence-electron chi connectivity index (χ2n) is 2.52. The molecule has 4 nitrogen and oxygen atoms in total. The van der Waals surface area contributed by atoms with Crippen molar-refractivity contribution < 1.29 is 20.1 Å². The Morgan fingerprint density at radius 3 is 2.15 bits per heavy atom. The van der Waals surface area contributed by atoms with Gasteiger partial charge in [0.05, 0.1) is 5.56 Å². The summed E-state index contributed by atoms with van der Waals surface area (Å²) in [6.07, 6.45) is 0. The van der Waals surface area contributed by atoms with Gasteiger partial charge in [0.2, 0.25) is 0 Å². The third kappa shape index (κ3) is 1.99. The molecule has 0 saturated heterocycles. The van der Waals surface area contributed by atoms with Crippen LogP contribution in [0.5, 0.6) is 5.75 Å². The van der Waals surface area contributed by atoms with Crippen LogP contribution in [0.15, 0.2) is 24.8 Å². The molecule has 3 N–H and O–H groups in total. The summed E-state index contributed by atoms with van der Waals surface area (Å²) in [6.45, 7) is 3.22. The topological polar surface area (TPSA) is 77.8 Å². The highest BCUT2D eigenvalue weighted by molar-refractivity contribution is 5.89. The summed E-state index contributed by atoms with van der Waals surface area (Å²) in [4.78, 5) is 10.5. The summed E-state index contributed by atoms with van der Waals surface area (Å²) >= 11 is 0. The van der Waals surface area contributed by atoms with Crippen molar-refractivity contribution in [1.82, 2.24) is 0 Å². The first-order valence-corrected chi connectivity index (χ1v) is 3.46. The third-order valence-corrected chi connectivity index (χ3v) is 1.50. The lowest BCUT2D eigenvalue weighted by Gasteiger charge is -2.01. The number of carboxylic acids is 1. The molecule has 1 aromatic rings. The van der Waals surface area contributed by atoms with Gasteiger partial charge in [-0.2, -0.15) is 0 Å². The fraction of sp³-hybridized carbons (Fsp3) is 0. The summed E-state index contributed by atoms with van der Waals surface area (Å²) < 4.78 is 0. The lowest BCUT2D eigenvalue weighted by molar-refractivity contribution is 0.0696. The summed E-state index contributed by atoms with van der Waals surface area (Å²) in [7, 11) is 0. The molecule has 0 fully saturated rings. The van der Waals surface area contributed by atoms with Gasteiger partial charge in [0.25, 0.3) is 0 Å². The number of benzene rings is 1.